The Morgan fingerprint density at radius 2 is 1.39 bits per heavy atom. The molecule has 2 atom stereocenters. The van der Waals surface area contributed by atoms with Gasteiger partial charge in [0.15, 0.2) is 5.13 Å². The minimum Gasteiger partial charge on any atom is -0.494 e. The van der Waals surface area contributed by atoms with E-state index >= 15 is 0 Å². The van der Waals surface area contributed by atoms with E-state index in [2.05, 4.69) is 29.2 Å². The van der Waals surface area contributed by atoms with Crippen LogP contribution in [0, 0.1) is 11.8 Å². The molecule has 6 heteroatoms. The lowest BCUT2D eigenvalue weighted by molar-refractivity contribution is -0.122. The third-order valence-electron chi connectivity index (χ3n) is 7.30. The summed E-state index contributed by atoms with van der Waals surface area (Å²) in [6.07, 6.45) is 0. The molecule has 2 heterocycles. The number of amides is 2. The van der Waals surface area contributed by atoms with Crippen molar-refractivity contribution in [2.75, 3.05) is 11.5 Å². The second kappa shape index (κ2) is 6.75. The summed E-state index contributed by atoms with van der Waals surface area (Å²) >= 11 is 1.37. The molecule has 162 valence electrons. The Hall–Kier alpha value is -3.51. The number of hydrogen-bond donors (Lipinski definition) is 0. The van der Waals surface area contributed by atoms with Gasteiger partial charge in [0.2, 0.25) is 11.8 Å². The highest BCUT2D eigenvalue weighted by molar-refractivity contribution is 7.22. The van der Waals surface area contributed by atoms with Crippen LogP contribution in [0.5, 0.6) is 5.75 Å². The molecule has 1 fully saturated rings. The Labute approximate surface area is 194 Å². The summed E-state index contributed by atoms with van der Waals surface area (Å²) in [6, 6.07) is 22.3. The Morgan fingerprint density at radius 1 is 0.848 bits per heavy atom. The molecule has 1 aromatic heterocycles. The van der Waals surface area contributed by atoms with Crippen LogP contribution in [0.15, 0.2) is 66.7 Å². The van der Waals surface area contributed by atoms with Gasteiger partial charge in [-0.2, -0.15) is 0 Å². The molecule has 1 aliphatic heterocycles. The monoisotopic (exact) mass is 452 g/mol. The average Bonchev–Trinajstić information content (AvgIpc) is 3.37. The molecular weight excluding hydrogens is 432 g/mol. The SMILES string of the molecule is CCOc1ccc2nc(N3C(=O)C4C5c6ccccc6C(c6ccccc65)C4C3=O)sc2c1. The Morgan fingerprint density at radius 3 is 1.91 bits per heavy atom. The molecule has 2 amide bonds. The summed E-state index contributed by atoms with van der Waals surface area (Å²) in [6.45, 7) is 2.52. The van der Waals surface area contributed by atoms with Crippen molar-refractivity contribution in [1.29, 1.82) is 0 Å². The van der Waals surface area contributed by atoms with E-state index in [4.69, 9.17) is 4.74 Å². The molecule has 5 nitrogen and oxygen atoms in total. The first-order chi connectivity index (χ1) is 16.2. The van der Waals surface area contributed by atoms with E-state index in [1.165, 1.54) is 38.5 Å². The van der Waals surface area contributed by atoms with Crippen LogP contribution < -0.4 is 9.64 Å². The molecule has 4 aliphatic rings. The van der Waals surface area contributed by atoms with Gasteiger partial charge in [-0.25, -0.2) is 9.88 Å². The molecule has 0 N–H and O–H groups in total. The van der Waals surface area contributed by atoms with Crippen molar-refractivity contribution in [2.24, 2.45) is 11.8 Å². The number of aromatic nitrogens is 1. The van der Waals surface area contributed by atoms with Crippen molar-refractivity contribution in [3.8, 4) is 5.75 Å². The van der Waals surface area contributed by atoms with Gasteiger partial charge in [-0.3, -0.25) is 9.59 Å². The zero-order valence-corrected chi connectivity index (χ0v) is 18.7. The molecule has 8 rings (SSSR count). The molecule has 1 saturated heterocycles. The van der Waals surface area contributed by atoms with Gasteiger partial charge < -0.3 is 4.74 Å². The summed E-state index contributed by atoms with van der Waals surface area (Å²) in [5, 5.41) is 0.454. The van der Waals surface area contributed by atoms with Crippen molar-refractivity contribution in [2.45, 2.75) is 18.8 Å². The standard InChI is InChI=1S/C27H20N2O3S/c1-2-32-14-11-12-19-20(13-14)33-27(28-19)29-25(30)23-21-15-7-3-4-8-16(15)22(24(23)26(29)31)18-10-6-5-9-17(18)21/h3-13,21-24H,2H2,1H3. The molecule has 0 saturated carbocycles. The third kappa shape index (κ3) is 2.44. The van der Waals surface area contributed by atoms with E-state index in [-0.39, 0.29) is 23.7 Å². The lowest BCUT2D eigenvalue weighted by Gasteiger charge is -2.45. The number of hydrogen-bond acceptors (Lipinski definition) is 5. The Bertz CT molecular complexity index is 1360. The quantitative estimate of drug-likeness (QED) is 0.406. The number of carbonyl (C=O) groups excluding carboxylic acids is 2. The van der Waals surface area contributed by atoms with Crippen LogP contribution in [-0.2, 0) is 9.59 Å². The zero-order valence-electron chi connectivity index (χ0n) is 17.9. The number of benzene rings is 3. The zero-order chi connectivity index (χ0) is 22.3. The predicted octanol–water partition coefficient (Wildman–Crippen LogP) is 5.09. The van der Waals surface area contributed by atoms with Crippen LogP contribution in [0.4, 0.5) is 5.13 Å². The second-order valence-corrected chi connectivity index (χ2v) is 9.84. The van der Waals surface area contributed by atoms with Crippen LogP contribution in [0.3, 0.4) is 0 Å². The molecule has 0 spiro atoms. The molecule has 2 bridgehead atoms. The van der Waals surface area contributed by atoms with E-state index in [1.807, 2.05) is 49.4 Å². The highest BCUT2D eigenvalue weighted by Gasteiger charge is 2.62. The van der Waals surface area contributed by atoms with Crippen molar-refractivity contribution < 1.29 is 14.3 Å². The maximum Gasteiger partial charge on any atom is 0.240 e. The number of fused-ring (bicyclic) bond motifs is 1. The first-order valence-electron chi connectivity index (χ1n) is 11.3. The van der Waals surface area contributed by atoms with Crippen LogP contribution in [-0.4, -0.2) is 23.4 Å². The van der Waals surface area contributed by atoms with Gasteiger partial charge in [0.25, 0.3) is 0 Å². The van der Waals surface area contributed by atoms with E-state index in [0.29, 0.717) is 11.7 Å². The van der Waals surface area contributed by atoms with Crippen molar-refractivity contribution in [3.63, 3.8) is 0 Å². The fraction of sp³-hybridized carbons (Fsp3) is 0.222. The van der Waals surface area contributed by atoms with Crippen molar-refractivity contribution in [1.82, 2.24) is 4.98 Å². The van der Waals surface area contributed by atoms with Crippen LogP contribution in [0.1, 0.15) is 41.0 Å². The van der Waals surface area contributed by atoms with Crippen molar-refractivity contribution >= 4 is 38.5 Å². The minimum atomic E-state index is -0.390. The van der Waals surface area contributed by atoms with E-state index in [1.54, 1.807) is 0 Å². The van der Waals surface area contributed by atoms with Gasteiger partial charge in [-0.05, 0) is 47.4 Å². The average molecular weight is 453 g/mol. The van der Waals surface area contributed by atoms with Crippen LogP contribution >= 0.6 is 11.3 Å². The summed E-state index contributed by atoms with van der Waals surface area (Å²) < 4.78 is 6.51. The predicted molar refractivity (Wildman–Crippen MR) is 127 cm³/mol. The van der Waals surface area contributed by atoms with Gasteiger partial charge in [0, 0.05) is 11.8 Å². The highest BCUT2D eigenvalue weighted by atomic mass is 32.1. The maximum atomic E-state index is 13.9. The number of imide groups is 1. The lowest BCUT2D eigenvalue weighted by Crippen LogP contribution is -2.41. The fourth-order valence-corrected chi connectivity index (χ4v) is 7.12. The number of anilines is 1. The van der Waals surface area contributed by atoms with Gasteiger partial charge in [-0.1, -0.05) is 59.9 Å². The Balaban J connectivity index is 1.37. The Kier molecular flexibility index (Phi) is 3.89. The van der Waals surface area contributed by atoms with E-state index in [0.717, 1.165) is 16.0 Å². The van der Waals surface area contributed by atoms with Crippen LogP contribution in [0.2, 0.25) is 0 Å². The smallest absolute Gasteiger partial charge is 0.240 e. The van der Waals surface area contributed by atoms with Gasteiger partial charge in [-0.15, -0.1) is 0 Å². The molecule has 3 aliphatic carbocycles. The number of rotatable bonds is 3. The van der Waals surface area contributed by atoms with Crippen LogP contribution in [0.25, 0.3) is 10.2 Å². The van der Waals surface area contributed by atoms with E-state index < -0.39 is 11.8 Å². The summed E-state index contributed by atoms with van der Waals surface area (Å²) in [5.41, 5.74) is 5.47. The number of thiazole rings is 1. The third-order valence-corrected chi connectivity index (χ3v) is 8.30. The van der Waals surface area contributed by atoms with Crippen molar-refractivity contribution in [3.05, 3.63) is 89.0 Å². The largest absolute Gasteiger partial charge is 0.494 e. The number of nitrogens with zero attached hydrogens (tertiary/aromatic N) is 2. The first kappa shape index (κ1) is 19.0. The molecule has 2 unspecified atom stereocenters. The lowest BCUT2D eigenvalue weighted by atomic mass is 9.55. The van der Waals surface area contributed by atoms with E-state index in [9.17, 15) is 9.59 Å². The van der Waals surface area contributed by atoms with Gasteiger partial charge in [0.05, 0.1) is 28.7 Å². The molecule has 4 aromatic rings. The van der Waals surface area contributed by atoms with Gasteiger partial charge >= 0.3 is 0 Å². The molecular formula is C27H20N2O3S. The maximum absolute atomic E-state index is 13.9. The minimum absolute atomic E-state index is 0.104. The summed E-state index contributed by atoms with van der Waals surface area (Å²) in [4.78, 5) is 33.7. The first-order valence-corrected chi connectivity index (χ1v) is 12.1. The highest BCUT2D eigenvalue weighted by Crippen LogP contribution is 2.61. The summed E-state index contributed by atoms with van der Waals surface area (Å²) in [7, 11) is 0. The number of ether oxygens (including phenoxy) is 1. The van der Waals surface area contributed by atoms with Gasteiger partial charge in [0.1, 0.15) is 5.75 Å². The molecule has 3 aromatic carbocycles. The fourth-order valence-electron chi connectivity index (χ4n) is 6.11. The molecule has 0 radical (unpaired) electrons. The number of carbonyl (C=O) groups is 2. The topological polar surface area (TPSA) is 59.5 Å². The summed E-state index contributed by atoms with van der Waals surface area (Å²) in [5.74, 6) is -0.491. The second-order valence-electron chi connectivity index (χ2n) is 8.84. The normalized spacial score (nSPS) is 24.7. The molecule has 33 heavy (non-hydrogen) atoms.